The van der Waals surface area contributed by atoms with Gasteiger partial charge in [-0.1, -0.05) is 19.3 Å². The summed E-state index contributed by atoms with van der Waals surface area (Å²) in [6.07, 6.45) is 1.10. The zero-order valence-electron chi connectivity index (χ0n) is 15.0. The first-order valence-electron chi connectivity index (χ1n) is 9.34. The molecule has 2 fully saturated rings. The standard InChI is InChI=1S/C17H23F3N6O/c18-17(19,20)15-23-22-14-5-4-13(24-26(14)15)21-12-16(6-2-1-3-7-16)25-8-10-27-11-9-25/h4-5H,1-3,6-12H2,(H,21,24). The fraction of sp³-hybridized carbons (Fsp3) is 0.706. The van der Waals surface area contributed by atoms with Crippen LogP contribution >= 0.6 is 0 Å². The molecule has 0 spiro atoms. The summed E-state index contributed by atoms with van der Waals surface area (Å²) in [5.41, 5.74) is 0.0760. The number of aromatic nitrogens is 4. The molecule has 3 heterocycles. The normalized spacial score (nSPS) is 21.4. The summed E-state index contributed by atoms with van der Waals surface area (Å²) in [5.74, 6) is -0.715. The zero-order chi connectivity index (χ0) is 18.9. The predicted octanol–water partition coefficient (Wildman–Crippen LogP) is 2.59. The van der Waals surface area contributed by atoms with Gasteiger partial charge in [0, 0.05) is 25.2 Å². The topological polar surface area (TPSA) is 67.6 Å². The molecule has 148 valence electrons. The van der Waals surface area contributed by atoms with Gasteiger partial charge in [-0.05, 0) is 25.0 Å². The number of rotatable bonds is 4. The van der Waals surface area contributed by atoms with E-state index < -0.39 is 12.0 Å². The van der Waals surface area contributed by atoms with Crippen LogP contribution in [0.5, 0.6) is 0 Å². The molecule has 1 aliphatic heterocycles. The van der Waals surface area contributed by atoms with Gasteiger partial charge in [0.15, 0.2) is 5.65 Å². The minimum Gasteiger partial charge on any atom is -0.379 e. The van der Waals surface area contributed by atoms with Gasteiger partial charge in [0.1, 0.15) is 5.82 Å². The number of morpholine rings is 1. The number of halogens is 3. The summed E-state index contributed by atoms with van der Waals surface area (Å²) < 4.78 is 45.4. The molecule has 7 nitrogen and oxygen atoms in total. The van der Waals surface area contributed by atoms with Gasteiger partial charge in [-0.2, -0.15) is 17.7 Å². The van der Waals surface area contributed by atoms with Crippen molar-refractivity contribution in [1.29, 1.82) is 0 Å². The molecule has 4 rings (SSSR count). The lowest BCUT2D eigenvalue weighted by Gasteiger charge is -2.48. The van der Waals surface area contributed by atoms with Crippen LogP contribution in [0.25, 0.3) is 5.65 Å². The third-order valence-electron chi connectivity index (χ3n) is 5.58. The van der Waals surface area contributed by atoms with E-state index in [1.165, 1.54) is 12.5 Å². The third kappa shape index (κ3) is 3.73. The van der Waals surface area contributed by atoms with Crippen LogP contribution < -0.4 is 5.32 Å². The summed E-state index contributed by atoms with van der Waals surface area (Å²) in [7, 11) is 0. The second-order valence-corrected chi connectivity index (χ2v) is 7.25. The van der Waals surface area contributed by atoms with E-state index in [0.29, 0.717) is 12.4 Å². The number of nitrogens with one attached hydrogen (secondary N) is 1. The number of hydrogen-bond donors (Lipinski definition) is 1. The van der Waals surface area contributed by atoms with Crippen LogP contribution in [0.1, 0.15) is 37.9 Å². The van der Waals surface area contributed by atoms with Crippen molar-refractivity contribution in [2.24, 2.45) is 0 Å². The van der Waals surface area contributed by atoms with Crippen LogP contribution in [0.2, 0.25) is 0 Å². The Labute approximate surface area is 154 Å². The Balaban J connectivity index is 1.55. The summed E-state index contributed by atoms with van der Waals surface area (Å²) >= 11 is 0. The van der Waals surface area contributed by atoms with Crippen molar-refractivity contribution in [3.8, 4) is 0 Å². The highest BCUT2D eigenvalue weighted by Gasteiger charge is 2.39. The van der Waals surface area contributed by atoms with E-state index >= 15 is 0 Å². The van der Waals surface area contributed by atoms with Crippen LogP contribution in [0.3, 0.4) is 0 Å². The van der Waals surface area contributed by atoms with Gasteiger partial charge in [-0.3, -0.25) is 4.90 Å². The summed E-state index contributed by atoms with van der Waals surface area (Å²) in [5, 5.41) is 14.1. The molecule has 0 aromatic carbocycles. The average molecular weight is 384 g/mol. The first-order chi connectivity index (χ1) is 13.0. The minimum atomic E-state index is -4.59. The van der Waals surface area contributed by atoms with Gasteiger partial charge in [-0.15, -0.1) is 15.3 Å². The first kappa shape index (κ1) is 18.4. The van der Waals surface area contributed by atoms with Crippen molar-refractivity contribution in [1.82, 2.24) is 24.7 Å². The van der Waals surface area contributed by atoms with Crippen molar-refractivity contribution in [2.45, 2.75) is 43.8 Å². The van der Waals surface area contributed by atoms with E-state index in [1.54, 1.807) is 6.07 Å². The highest BCUT2D eigenvalue weighted by molar-refractivity contribution is 5.44. The van der Waals surface area contributed by atoms with Crippen LogP contribution in [0.15, 0.2) is 12.1 Å². The average Bonchev–Trinajstić information content (AvgIpc) is 3.11. The Morgan fingerprint density at radius 3 is 2.52 bits per heavy atom. The molecular formula is C17H23F3N6O. The lowest BCUT2D eigenvalue weighted by Crippen LogP contribution is -2.58. The lowest BCUT2D eigenvalue weighted by molar-refractivity contribution is -0.146. The number of nitrogens with zero attached hydrogens (tertiary/aromatic N) is 5. The van der Waals surface area contributed by atoms with E-state index in [9.17, 15) is 13.2 Å². The maximum Gasteiger partial charge on any atom is 0.453 e. The van der Waals surface area contributed by atoms with Gasteiger partial charge >= 0.3 is 6.18 Å². The molecule has 1 N–H and O–H groups in total. The smallest absolute Gasteiger partial charge is 0.379 e. The molecule has 2 aromatic rings. The van der Waals surface area contributed by atoms with E-state index in [0.717, 1.165) is 56.5 Å². The fourth-order valence-electron chi connectivity index (χ4n) is 4.17. The molecular weight excluding hydrogens is 361 g/mol. The highest BCUT2D eigenvalue weighted by Crippen LogP contribution is 2.34. The molecule has 0 bridgehead atoms. The molecule has 0 radical (unpaired) electrons. The summed E-state index contributed by atoms with van der Waals surface area (Å²) in [4.78, 5) is 2.47. The first-order valence-corrected chi connectivity index (χ1v) is 9.34. The lowest BCUT2D eigenvalue weighted by atomic mass is 9.79. The third-order valence-corrected chi connectivity index (χ3v) is 5.58. The van der Waals surface area contributed by atoms with Crippen molar-refractivity contribution in [3.05, 3.63) is 18.0 Å². The Hall–Kier alpha value is -1.94. The van der Waals surface area contributed by atoms with Gasteiger partial charge < -0.3 is 10.1 Å². The quantitative estimate of drug-likeness (QED) is 0.874. The summed E-state index contributed by atoms with van der Waals surface area (Å²) in [6, 6.07) is 3.15. The Bertz CT molecular complexity index is 781. The van der Waals surface area contributed by atoms with Crippen molar-refractivity contribution < 1.29 is 17.9 Å². The van der Waals surface area contributed by atoms with E-state index in [1.807, 2.05) is 0 Å². The van der Waals surface area contributed by atoms with Gasteiger partial charge in [0.2, 0.25) is 0 Å². The van der Waals surface area contributed by atoms with Crippen molar-refractivity contribution >= 4 is 11.5 Å². The Kier molecular flexibility index (Phi) is 4.94. The van der Waals surface area contributed by atoms with Crippen molar-refractivity contribution in [2.75, 3.05) is 38.2 Å². The molecule has 10 heteroatoms. The molecule has 1 saturated heterocycles. The van der Waals surface area contributed by atoms with E-state index in [4.69, 9.17) is 4.74 Å². The van der Waals surface area contributed by atoms with Gasteiger partial charge in [0.25, 0.3) is 5.82 Å². The number of hydrogen-bond acceptors (Lipinski definition) is 6. The molecule has 1 aliphatic carbocycles. The van der Waals surface area contributed by atoms with Gasteiger partial charge in [0.05, 0.1) is 13.2 Å². The largest absolute Gasteiger partial charge is 0.453 e. The van der Waals surface area contributed by atoms with Crippen LogP contribution in [0.4, 0.5) is 19.0 Å². The van der Waals surface area contributed by atoms with Crippen molar-refractivity contribution in [3.63, 3.8) is 0 Å². The zero-order valence-corrected chi connectivity index (χ0v) is 15.0. The van der Waals surface area contributed by atoms with Gasteiger partial charge in [-0.25, -0.2) is 0 Å². The summed E-state index contributed by atoms with van der Waals surface area (Å²) in [6.45, 7) is 3.87. The van der Waals surface area contributed by atoms with E-state index in [2.05, 4.69) is 25.5 Å². The molecule has 1 saturated carbocycles. The number of fused-ring (bicyclic) bond motifs is 1. The molecule has 27 heavy (non-hydrogen) atoms. The van der Waals surface area contributed by atoms with Crippen LogP contribution in [-0.4, -0.2) is 63.1 Å². The van der Waals surface area contributed by atoms with Crippen LogP contribution in [0, 0.1) is 0 Å². The predicted molar refractivity (Wildman–Crippen MR) is 92.5 cm³/mol. The molecule has 0 amide bonds. The molecule has 2 aliphatic rings. The molecule has 0 atom stereocenters. The fourth-order valence-corrected chi connectivity index (χ4v) is 4.17. The highest BCUT2D eigenvalue weighted by atomic mass is 19.4. The SMILES string of the molecule is FC(F)(F)c1nnc2ccc(NCC3(N4CCOCC4)CCCCC3)nn12. The number of anilines is 1. The Morgan fingerprint density at radius 1 is 1.07 bits per heavy atom. The second-order valence-electron chi connectivity index (χ2n) is 7.25. The van der Waals surface area contributed by atoms with Crippen LogP contribution in [-0.2, 0) is 10.9 Å². The maximum atomic E-state index is 13.1. The maximum absolute atomic E-state index is 13.1. The number of alkyl halides is 3. The Morgan fingerprint density at radius 2 is 1.81 bits per heavy atom. The second kappa shape index (κ2) is 7.23. The molecule has 2 aromatic heterocycles. The van der Waals surface area contributed by atoms with E-state index in [-0.39, 0.29) is 11.2 Å². The minimum absolute atomic E-state index is 0.00128. The molecule has 0 unspecified atom stereocenters. The monoisotopic (exact) mass is 384 g/mol. The number of ether oxygens (including phenoxy) is 1.